The van der Waals surface area contributed by atoms with E-state index in [0.29, 0.717) is 6.04 Å². The first kappa shape index (κ1) is 11.9. The van der Waals surface area contributed by atoms with E-state index >= 15 is 0 Å². The summed E-state index contributed by atoms with van der Waals surface area (Å²) < 4.78 is 5.53. The molecule has 3 heteroatoms. The Hall–Kier alpha value is -0.120. The molecule has 2 bridgehead atoms. The average Bonchev–Trinajstić information content (AvgIpc) is 2.97. The van der Waals surface area contributed by atoms with Gasteiger partial charge >= 0.3 is 0 Å². The van der Waals surface area contributed by atoms with Gasteiger partial charge in [0.1, 0.15) is 0 Å². The van der Waals surface area contributed by atoms with Gasteiger partial charge in [-0.1, -0.05) is 0 Å². The fourth-order valence-electron chi connectivity index (χ4n) is 3.96. The number of fused-ring (bicyclic) bond motifs is 2. The Balaban J connectivity index is 1.59. The minimum Gasteiger partial charge on any atom is -0.381 e. The predicted octanol–water partition coefficient (Wildman–Crippen LogP) is 1.63. The number of nitrogens with one attached hydrogen (secondary N) is 1. The molecule has 4 atom stereocenters. The van der Waals surface area contributed by atoms with Crippen LogP contribution in [0.3, 0.4) is 0 Å². The first-order chi connectivity index (χ1) is 8.24. The molecule has 0 radical (unpaired) electrons. The van der Waals surface area contributed by atoms with Gasteiger partial charge in [0.15, 0.2) is 0 Å². The lowest BCUT2D eigenvalue weighted by molar-refractivity contribution is 0.0893. The van der Waals surface area contributed by atoms with Crippen molar-refractivity contribution in [1.29, 1.82) is 0 Å². The zero-order valence-electron chi connectivity index (χ0n) is 11.2. The standard InChI is InChI=1S/C14H26N2O/c1-10(11-5-6-17-9-11)16(2)14-7-12-3-4-13(8-14)15-12/h10-15H,3-9H2,1-2H3. The van der Waals surface area contributed by atoms with Gasteiger partial charge in [-0.05, 0) is 52.0 Å². The molecule has 4 unspecified atom stereocenters. The average molecular weight is 238 g/mol. The molecule has 3 aliphatic rings. The molecule has 0 amide bonds. The zero-order valence-corrected chi connectivity index (χ0v) is 11.2. The number of hydrogen-bond donors (Lipinski definition) is 1. The molecular weight excluding hydrogens is 212 g/mol. The van der Waals surface area contributed by atoms with E-state index in [0.717, 1.165) is 37.3 Å². The summed E-state index contributed by atoms with van der Waals surface area (Å²) >= 11 is 0. The number of nitrogens with zero attached hydrogens (tertiary/aromatic N) is 1. The Kier molecular flexibility index (Phi) is 3.42. The summed E-state index contributed by atoms with van der Waals surface area (Å²) in [4.78, 5) is 2.64. The van der Waals surface area contributed by atoms with Crippen molar-refractivity contribution >= 4 is 0 Å². The van der Waals surface area contributed by atoms with Gasteiger partial charge in [0.2, 0.25) is 0 Å². The molecule has 1 N–H and O–H groups in total. The van der Waals surface area contributed by atoms with Crippen molar-refractivity contribution < 1.29 is 4.74 Å². The van der Waals surface area contributed by atoms with E-state index in [1.54, 1.807) is 0 Å². The maximum absolute atomic E-state index is 5.53. The summed E-state index contributed by atoms with van der Waals surface area (Å²) in [7, 11) is 2.33. The van der Waals surface area contributed by atoms with Gasteiger partial charge in [-0.2, -0.15) is 0 Å². The van der Waals surface area contributed by atoms with Crippen molar-refractivity contribution in [2.45, 2.75) is 63.2 Å². The van der Waals surface area contributed by atoms with Crippen molar-refractivity contribution in [3.63, 3.8) is 0 Å². The smallest absolute Gasteiger partial charge is 0.0509 e. The monoisotopic (exact) mass is 238 g/mol. The summed E-state index contributed by atoms with van der Waals surface area (Å²) in [6, 6.07) is 3.07. The molecule has 0 aliphatic carbocycles. The third kappa shape index (κ3) is 2.38. The lowest BCUT2D eigenvalue weighted by Crippen LogP contribution is -2.51. The Morgan fingerprint density at radius 2 is 1.88 bits per heavy atom. The second-order valence-electron chi connectivity index (χ2n) is 6.29. The number of piperidine rings is 1. The van der Waals surface area contributed by atoms with Crippen molar-refractivity contribution in [1.82, 2.24) is 10.2 Å². The van der Waals surface area contributed by atoms with Crippen LogP contribution in [-0.4, -0.2) is 49.3 Å². The van der Waals surface area contributed by atoms with Gasteiger partial charge in [-0.15, -0.1) is 0 Å². The van der Waals surface area contributed by atoms with E-state index in [-0.39, 0.29) is 0 Å². The van der Waals surface area contributed by atoms with Gasteiger partial charge in [0, 0.05) is 30.8 Å². The largest absolute Gasteiger partial charge is 0.381 e. The molecule has 3 saturated heterocycles. The maximum Gasteiger partial charge on any atom is 0.0509 e. The van der Waals surface area contributed by atoms with Crippen molar-refractivity contribution in [3.05, 3.63) is 0 Å². The molecule has 3 fully saturated rings. The van der Waals surface area contributed by atoms with Gasteiger partial charge in [0.05, 0.1) is 6.61 Å². The molecule has 98 valence electrons. The highest BCUT2D eigenvalue weighted by atomic mass is 16.5. The van der Waals surface area contributed by atoms with Crippen LogP contribution in [0.1, 0.15) is 39.0 Å². The van der Waals surface area contributed by atoms with Crippen molar-refractivity contribution in [2.24, 2.45) is 5.92 Å². The van der Waals surface area contributed by atoms with E-state index in [9.17, 15) is 0 Å². The molecular formula is C14H26N2O. The van der Waals surface area contributed by atoms with Gasteiger partial charge in [0.25, 0.3) is 0 Å². The summed E-state index contributed by atoms with van der Waals surface area (Å²) in [6.45, 7) is 4.34. The van der Waals surface area contributed by atoms with Crippen LogP contribution in [0.2, 0.25) is 0 Å². The van der Waals surface area contributed by atoms with Gasteiger partial charge in [-0.25, -0.2) is 0 Å². The van der Waals surface area contributed by atoms with Crippen LogP contribution in [0, 0.1) is 5.92 Å². The minimum absolute atomic E-state index is 0.681. The lowest BCUT2D eigenvalue weighted by atomic mass is 9.93. The van der Waals surface area contributed by atoms with Crippen LogP contribution >= 0.6 is 0 Å². The van der Waals surface area contributed by atoms with Crippen molar-refractivity contribution in [3.8, 4) is 0 Å². The summed E-state index contributed by atoms with van der Waals surface area (Å²) in [5.41, 5.74) is 0. The molecule has 3 heterocycles. The number of ether oxygens (including phenoxy) is 1. The molecule has 0 saturated carbocycles. The normalized spacial score (nSPS) is 43.2. The van der Waals surface area contributed by atoms with Crippen LogP contribution in [-0.2, 0) is 4.74 Å². The van der Waals surface area contributed by atoms with Crippen molar-refractivity contribution in [2.75, 3.05) is 20.3 Å². The van der Waals surface area contributed by atoms with E-state index in [1.807, 2.05) is 0 Å². The van der Waals surface area contributed by atoms with Crippen LogP contribution in [0.15, 0.2) is 0 Å². The van der Waals surface area contributed by atoms with Crippen LogP contribution in [0.5, 0.6) is 0 Å². The molecule has 3 rings (SSSR count). The second-order valence-corrected chi connectivity index (χ2v) is 6.29. The quantitative estimate of drug-likeness (QED) is 0.809. The number of hydrogen-bond acceptors (Lipinski definition) is 3. The molecule has 0 aromatic carbocycles. The fraction of sp³-hybridized carbons (Fsp3) is 1.00. The highest BCUT2D eigenvalue weighted by Gasteiger charge is 2.37. The first-order valence-electron chi connectivity index (χ1n) is 7.29. The molecule has 0 aromatic heterocycles. The molecule has 17 heavy (non-hydrogen) atoms. The summed E-state index contributed by atoms with van der Waals surface area (Å²) in [6.07, 6.45) is 6.75. The Morgan fingerprint density at radius 1 is 1.18 bits per heavy atom. The third-order valence-electron chi connectivity index (χ3n) is 5.31. The number of rotatable bonds is 3. The zero-order chi connectivity index (χ0) is 11.8. The van der Waals surface area contributed by atoms with E-state index in [1.165, 1.54) is 32.1 Å². The Labute approximate surface area is 105 Å². The fourth-order valence-corrected chi connectivity index (χ4v) is 3.96. The highest BCUT2D eigenvalue weighted by molar-refractivity contribution is 4.96. The Morgan fingerprint density at radius 3 is 2.47 bits per heavy atom. The molecule has 3 nitrogen and oxygen atoms in total. The molecule has 3 aliphatic heterocycles. The SMILES string of the molecule is CC(C1CCOC1)N(C)C1CC2CCC(C1)N2. The van der Waals surface area contributed by atoms with Gasteiger partial charge in [-0.3, -0.25) is 0 Å². The Bertz CT molecular complexity index is 253. The maximum atomic E-state index is 5.53. The van der Waals surface area contributed by atoms with Crippen LogP contribution < -0.4 is 5.32 Å². The third-order valence-corrected chi connectivity index (χ3v) is 5.31. The topological polar surface area (TPSA) is 24.5 Å². The predicted molar refractivity (Wildman–Crippen MR) is 69.1 cm³/mol. The summed E-state index contributed by atoms with van der Waals surface area (Å²) in [5.74, 6) is 0.757. The first-order valence-corrected chi connectivity index (χ1v) is 7.29. The van der Waals surface area contributed by atoms with Crippen LogP contribution in [0.25, 0.3) is 0 Å². The van der Waals surface area contributed by atoms with Crippen LogP contribution in [0.4, 0.5) is 0 Å². The van der Waals surface area contributed by atoms with E-state index in [4.69, 9.17) is 4.74 Å². The highest BCUT2D eigenvalue weighted by Crippen LogP contribution is 2.31. The molecule has 0 spiro atoms. The second kappa shape index (κ2) is 4.87. The van der Waals surface area contributed by atoms with E-state index in [2.05, 4.69) is 24.2 Å². The van der Waals surface area contributed by atoms with E-state index < -0.39 is 0 Å². The van der Waals surface area contributed by atoms with Gasteiger partial charge < -0.3 is 15.0 Å². The minimum atomic E-state index is 0.681. The molecule has 0 aromatic rings. The summed E-state index contributed by atoms with van der Waals surface area (Å²) in [5, 5.41) is 3.73. The lowest BCUT2D eigenvalue weighted by Gasteiger charge is -2.40.